The highest BCUT2D eigenvalue weighted by atomic mass is 79.9. The highest BCUT2D eigenvalue weighted by molar-refractivity contribution is 9.11. The summed E-state index contributed by atoms with van der Waals surface area (Å²) in [7, 11) is 5.80. The molecule has 0 unspecified atom stereocenters. The minimum Gasteiger partial charge on any atom is -0.507 e. The normalized spacial score (nSPS) is 12.1. The number of hydrogen-bond donors (Lipinski definition) is 11. The number of aromatic hydroxyl groups is 3. The van der Waals surface area contributed by atoms with Crippen LogP contribution in [0.4, 0.5) is 0 Å². The van der Waals surface area contributed by atoms with Crippen LogP contribution in [0, 0.1) is 0 Å². The number of benzene rings is 4. The molecule has 20 nitrogen and oxygen atoms in total. The maximum Gasteiger partial charge on any atom is 0.269 e. The van der Waals surface area contributed by atoms with Crippen LogP contribution in [-0.2, 0) is 44.9 Å². The van der Waals surface area contributed by atoms with Gasteiger partial charge in [-0.2, -0.15) is 0 Å². The molecule has 4 aromatic carbocycles. The number of carbonyl (C=O) groups excluding carboxylic acids is 4. The Morgan fingerprint density at radius 2 is 0.750 bits per heavy atom. The maximum atomic E-state index is 12.9. The minimum atomic E-state index is -0.618. The van der Waals surface area contributed by atoms with Crippen molar-refractivity contribution in [2.24, 2.45) is 20.6 Å². The summed E-state index contributed by atoms with van der Waals surface area (Å²) >= 11 is 13.2. The fourth-order valence-corrected chi connectivity index (χ4v) is 11.3. The van der Waals surface area contributed by atoms with Crippen LogP contribution < -0.4 is 26.0 Å². The van der Waals surface area contributed by atoms with E-state index in [0.29, 0.717) is 65.2 Å². The van der Waals surface area contributed by atoms with Crippen molar-refractivity contribution in [1.29, 1.82) is 0 Å². The molecule has 0 heterocycles. The molecule has 4 amide bonds. The number of phenols is 3. The number of amides is 4. The van der Waals surface area contributed by atoms with Crippen LogP contribution in [-0.4, -0.2) is 132 Å². The van der Waals surface area contributed by atoms with Gasteiger partial charge in [0.25, 0.3) is 23.6 Å². The third-order valence-corrected chi connectivity index (χ3v) is 16.7. The molecule has 11 N–H and O–H groups in total. The second kappa shape index (κ2) is 31.7. The zero-order valence-electron chi connectivity index (χ0n) is 37.4. The quantitative estimate of drug-likeness (QED) is 0.00851. The number of carbonyl (C=O) groups is 4. The van der Waals surface area contributed by atoms with Crippen molar-refractivity contribution in [2.45, 2.75) is 25.7 Å². The second-order valence-corrected chi connectivity index (χ2v) is 23.4. The van der Waals surface area contributed by atoms with Crippen LogP contribution in [0.1, 0.15) is 22.3 Å². The Morgan fingerprint density at radius 1 is 0.431 bits per heavy atom. The Morgan fingerprint density at radius 3 is 1.08 bits per heavy atom. The summed E-state index contributed by atoms with van der Waals surface area (Å²) in [5.74, 6) is -0.0869. The molecular formula is C44H46Br4N8O12S4. The predicted octanol–water partition coefficient (Wildman–Crippen LogP) is 7.76. The van der Waals surface area contributed by atoms with Gasteiger partial charge in [0, 0.05) is 74.9 Å². The van der Waals surface area contributed by atoms with Gasteiger partial charge in [-0.15, -0.1) is 0 Å². The molecule has 0 spiro atoms. The van der Waals surface area contributed by atoms with Gasteiger partial charge in [-0.25, -0.2) is 0 Å². The highest BCUT2D eigenvalue weighted by Crippen LogP contribution is 2.40. The average Bonchev–Trinajstić information content (AvgIpc) is 3.36. The summed E-state index contributed by atoms with van der Waals surface area (Å²) < 4.78 is 7.59. The first kappa shape index (κ1) is 59.7. The molecule has 4 aromatic rings. The summed E-state index contributed by atoms with van der Waals surface area (Å²) in [6, 6.07) is 17.3. The summed E-state index contributed by atoms with van der Waals surface area (Å²) in [6.45, 7) is 1.07. The van der Waals surface area contributed by atoms with E-state index in [4.69, 9.17) is 4.74 Å². The predicted molar refractivity (Wildman–Crippen MR) is 295 cm³/mol. The molecule has 386 valence electrons. The number of phenolic OH excluding ortho intramolecular Hbond substituents is 3. The summed E-state index contributed by atoms with van der Waals surface area (Å²) in [4.78, 5) is 50.7. The monoisotopic (exact) mass is 1320 g/mol. The van der Waals surface area contributed by atoms with Crippen molar-refractivity contribution < 1.29 is 60.1 Å². The Labute approximate surface area is 462 Å². The van der Waals surface area contributed by atoms with Crippen LogP contribution in [0.3, 0.4) is 0 Å². The molecule has 0 fully saturated rings. The second-order valence-electron chi connectivity index (χ2n) is 14.6. The van der Waals surface area contributed by atoms with E-state index in [0.717, 1.165) is 0 Å². The Balaban J connectivity index is 1.15. The van der Waals surface area contributed by atoms with E-state index in [1.165, 1.54) is 61.4 Å². The van der Waals surface area contributed by atoms with Gasteiger partial charge in [0.05, 0.1) is 17.9 Å². The molecule has 0 bridgehead atoms. The lowest BCUT2D eigenvalue weighted by molar-refractivity contribution is -0.115. The molecule has 28 heteroatoms. The molecule has 0 aliphatic rings. The lowest BCUT2D eigenvalue weighted by atomic mass is 10.1. The fraction of sp³-hybridized carbons (Fsp3) is 0.273. The van der Waals surface area contributed by atoms with Crippen molar-refractivity contribution in [3.05, 3.63) is 107 Å². The van der Waals surface area contributed by atoms with Crippen LogP contribution in [0.2, 0.25) is 0 Å². The van der Waals surface area contributed by atoms with Gasteiger partial charge in [0.15, 0.2) is 11.5 Å². The van der Waals surface area contributed by atoms with E-state index >= 15 is 0 Å². The first-order chi connectivity index (χ1) is 34.6. The number of hydrogen-bond acceptors (Lipinski definition) is 20. The van der Waals surface area contributed by atoms with E-state index in [1.54, 1.807) is 48.5 Å². The number of halogens is 4. The van der Waals surface area contributed by atoms with E-state index < -0.39 is 23.6 Å². The van der Waals surface area contributed by atoms with Crippen LogP contribution in [0.5, 0.6) is 28.7 Å². The molecule has 0 aromatic heterocycles. The molecule has 0 atom stereocenters. The zero-order chi connectivity index (χ0) is 52.6. The third-order valence-electron chi connectivity index (χ3n) is 9.40. The van der Waals surface area contributed by atoms with Crippen molar-refractivity contribution in [1.82, 2.24) is 21.3 Å². The van der Waals surface area contributed by atoms with Gasteiger partial charge in [-0.3, -0.25) is 19.2 Å². The number of oxime groups is 4. The van der Waals surface area contributed by atoms with Crippen molar-refractivity contribution in [2.75, 3.05) is 49.2 Å². The van der Waals surface area contributed by atoms with Crippen molar-refractivity contribution >= 4 is 153 Å². The molecule has 0 radical (unpaired) electrons. The first-order valence-corrected chi connectivity index (χ1v) is 29.1. The molecule has 0 aliphatic heterocycles. The van der Waals surface area contributed by atoms with E-state index in [9.17, 15) is 55.3 Å². The van der Waals surface area contributed by atoms with Gasteiger partial charge < -0.3 is 62.2 Å². The number of ether oxygens (including phenoxy) is 1. The third kappa shape index (κ3) is 19.9. The van der Waals surface area contributed by atoms with Crippen molar-refractivity contribution in [3.63, 3.8) is 0 Å². The Hall–Kier alpha value is -4.84. The number of nitrogens with zero attached hydrogens (tertiary/aromatic N) is 4. The van der Waals surface area contributed by atoms with Gasteiger partial charge in [-0.1, -0.05) is 82.0 Å². The smallest absolute Gasteiger partial charge is 0.269 e. The van der Waals surface area contributed by atoms with E-state index in [1.807, 2.05) is 0 Å². The largest absolute Gasteiger partial charge is 0.507 e. The minimum absolute atomic E-state index is 0.0132. The van der Waals surface area contributed by atoms with Crippen molar-refractivity contribution in [3.8, 4) is 28.7 Å². The molecule has 0 saturated carbocycles. The molecule has 4 rings (SSSR count). The van der Waals surface area contributed by atoms with Gasteiger partial charge in [0.1, 0.15) is 40.1 Å². The first-order valence-electron chi connectivity index (χ1n) is 20.9. The summed E-state index contributed by atoms with van der Waals surface area (Å²) in [5.41, 5.74) is 1.85. The van der Waals surface area contributed by atoms with Gasteiger partial charge in [0.2, 0.25) is 0 Å². The SMILES string of the molecule is O=C(NCCSSCCNC(=O)/C(Cc1ccc(Oc2cc(C/C(=N/O)C(=O)NCCSSCCNC(=O)/C(Cc3ccc(O)c(Br)c3)=N\O)cc(Br)c2O)c(Br)c1)=N\O)/C(Cc1ccc(O)c(Br)c1)=N\O. The topological polar surface area (TPSA) is 317 Å². The van der Waals surface area contributed by atoms with Gasteiger partial charge >= 0.3 is 0 Å². The molecular weight excluding hydrogens is 1280 g/mol. The number of nitrogens with one attached hydrogen (secondary N) is 4. The van der Waals surface area contributed by atoms with Crippen LogP contribution >= 0.6 is 107 Å². The van der Waals surface area contributed by atoms with Crippen LogP contribution in [0.25, 0.3) is 0 Å². The lowest BCUT2D eigenvalue weighted by Gasteiger charge is -2.14. The Kier molecular flexibility index (Phi) is 26.3. The number of rotatable bonds is 28. The highest BCUT2D eigenvalue weighted by Gasteiger charge is 2.20. The fourth-order valence-electron chi connectivity index (χ4n) is 5.87. The maximum absolute atomic E-state index is 12.9. The van der Waals surface area contributed by atoms with E-state index in [-0.39, 0.29) is 101 Å². The molecule has 0 aliphatic carbocycles. The molecule has 72 heavy (non-hydrogen) atoms. The molecule has 0 saturated heterocycles. The Bertz CT molecular complexity index is 2690. The van der Waals surface area contributed by atoms with Gasteiger partial charge in [-0.05, 0) is 135 Å². The van der Waals surface area contributed by atoms with Crippen LogP contribution in [0.15, 0.2) is 105 Å². The average molecular weight is 1330 g/mol. The summed E-state index contributed by atoms with van der Waals surface area (Å²) in [5, 5.41) is 91.5. The zero-order valence-corrected chi connectivity index (χ0v) is 47.1. The van der Waals surface area contributed by atoms with E-state index in [2.05, 4.69) is 106 Å². The lowest BCUT2D eigenvalue weighted by Crippen LogP contribution is -2.34. The standard InChI is InChI=1S/C44H46Br4N8O12S4/c45-28-15-24(1-4-36(28)57)19-32(53-64)41(60)49-7-11-69-70-13-9-51-43(62)34(55-66)21-26-3-6-38(30(47)17-26)68-39-23-27(18-31(48)40(39)59)22-35(56-67)44(63)52-10-14-72-71-12-8-50-42(61)33(54-65)20-25-2-5-37(58)29(46)16-25/h1-6,15-18,23,57-59,64-67H,7-14,19-22H2,(H,49,60)(H,50,61)(H,51,62)(H,52,63)/b53-32-,54-33-,55-34-,56-35-. The summed E-state index contributed by atoms with van der Waals surface area (Å²) in [6.07, 6.45) is -0.0470.